The smallest absolute Gasteiger partial charge is 0.340 e. The number of anilines is 1. The molecule has 0 saturated heterocycles. The number of sulfonamides is 1. The third-order valence-corrected chi connectivity index (χ3v) is 5.03. The molecule has 0 heterocycles. The number of amides is 3. The summed E-state index contributed by atoms with van der Waals surface area (Å²) in [6, 6.07) is 10.8. The van der Waals surface area contributed by atoms with Gasteiger partial charge in [0.1, 0.15) is 5.75 Å². The number of hydrogen-bond acceptors (Lipinski definition) is 7. The van der Waals surface area contributed by atoms with Gasteiger partial charge in [-0.05, 0) is 43.3 Å². The maximum Gasteiger partial charge on any atom is 0.340 e. The number of urea groups is 1. The van der Waals surface area contributed by atoms with Crippen LogP contribution in [0.4, 0.5) is 10.5 Å². The van der Waals surface area contributed by atoms with Crippen molar-refractivity contribution in [1.82, 2.24) is 10.6 Å². The molecule has 0 aromatic heterocycles. The van der Waals surface area contributed by atoms with Crippen molar-refractivity contribution in [2.24, 2.45) is 0 Å². The Kier molecular flexibility index (Phi) is 7.76. The number of para-hydroxylation sites is 1. The minimum Gasteiger partial charge on any atom is -0.494 e. The molecule has 2 aromatic carbocycles. The Labute approximate surface area is 173 Å². The van der Waals surface area contributed by atoms with Crippen molar-refractivity contribution in [3.05, 3.63) is 54.1 Å². The fourth-order valence-electron chi connectivity index (χ4n) is 2.27. The lowest BCUT2D eigenvalue weighted by molar-refractivity contribution is -0.123. The maximum atomic E-state index is 12.7. The van der Waals surface area contributed by atoms with Crippen LogP contribution in [0.3, 0.4) is 0 Å². The summed E-state index contributed by atoms with van der Waals surface area (Å²) in [6.45, 7) is 1.54. The average molecular weight is 435 g/mol. The molecule has 3 amide bonds. The Hall–Kier alpha value is -3.60. The molecule has 2 aromatic rings. The van der Waals surface area contributed by atoms with E-state index < -0.39 is 34.5 Å². The van der Waals surface area contributed by atoms with Crippen LogP contribution in [-0.2, 0) is 19.6 Å². The predicted molar refractivity (Wildman–Crippen MR) is 108 cm³/mol. The quantitative estimate of drug-likeness (QED) is 0.534. The van der Waals surface area contributed by atoms with Gasteiger partial charge in [-0.25, -0.2) is 18.0 Å². The molecule has 10 nitrogen and oxygen atoms in total. The molecule has 0 aliphatic heterocycles. The summed E-state index contributed by atoms with van der Waals surface area (Å²) in [4.78, 5) is 34.9. The number of benzene rings is 2. The molecule has 0 radical (unpaired) electrons. The van der Waals surface area contributed by atoms with Crippen molar-refractivity contribution in [3.63, 3.8) is 0 Å². The first-order chi connectivity index (χ1) is 14.3. The highest BCUT2D eigenvalue weighted by Crippen LogP contribution is 2.22. The molecule has 0 aliphatic carbocycles. The van der Waals surface area contributed by atoms with Gasteiger partial charge in [0.25, 0.3) is 15.9 Å². The van der Waals surface area contributed by atoms with Gasteiger partial charge in [-0.15, -0.1) is 0 Å². The molecule has 30 heavy (non-hydrogen) atoms. The van der Waals surface area contributed by atoms with Gasteiger partial charge < -0.3 is 14.8 Å². The van der Waals surface area contributed by atoms with Crippen LogP contribution in [0.15, 0.2) is 53.4 Å². The normalized spacial score (nSPS) is 10.6. The Morgan fingerprint density at radius 2 is 1.67 bits per heavy atom. The summed E-state index contributed by atoms with van der Waals surface area (Å²) in [5.41, 5.74) is -0.122. The summed E-state index contributed by atoms with van der Waals surface area (Å²) in [5, 5.41) is 4.12. The molecule has 0 unspecified atom stereocenters. The van der Waals surface area contributed by atoms with E-state index in [9.17, 15) is 22.8 Å². The van der Waals surface area contributed by atoms with E-state index in [4.69, 9.17) is 9.47 Å². The minimum absolute atomic E-state index is 0.0249. The number of carbonyl (C=O) groups excluding carboxylic acids is 3. The fraction of sp³-hybridized carbons (Fsp3) is 0.211. The minimum atomic E-state index is -4.00. The first-order valence-corrected chi connectivity index (χ1v) is 10.3. The van der Waals surface area contributed by atoms with E-state index in [0.29, 0.717) is 12.4 Å². The number of carbonyl (C=O) groups is 3. The van der Waals surface area contributed by atoms with Crippen LogP contribution >= 0.6 is 0 Å². The Balaban J connectivity index is 2.13. The van der Waals surface area contributed by atoms with E-state index in [2.05, 4.69) is 10.0 Å². The van der Waals surface area contributed by atoms with Gasteiger partial charge in [-0.1, -0.05) is 12.1 Å². The lowest BCUT2D eigenvalue weighted by atomic mass is 10.2. The largest absolute Gasteiger partial charge is 0.494 e. The second-order valence-electron chi connectivity index (χ2n) is 5.76. The van der Waals surface area contributed by atoms with Gasteiger partial charge in [-0.3, -0.25) is 14.8 Å². The van der Waals surface area contributed by atoms with Crippen molar-refractivity contribution in [3.8, 4) is 5.75 Å². The first kappa shape index (κ1) is 22.7. The molecule has 0 fully saturated rings. The van der Waals surface area contributed by atoms with Crippen LogP contribution in [0.1, 0.15) is 17.3 Å². The predicted octanol–water partition coefficient (Wildman–Crippen LogP) is 1.50. The highest BCUT2D eigenvalue weighted by Gasteiger charge is 2.20. The number of nitrogens with one attached hydrogen (secondary N) is 3. The second-order valence-corrected chi connectivity index (χ2v) is 7.44. The van der Waals surface area contributed by atoms with Gasteiger partial charge in [0.15, 0.2) is 6.61 Å². The number of hydrogen-bond donors (Lipinski definition) is 3. The molecule has 160 valence electrons. The number of esters is 1. The van der Waals surface area contributed by atoms with Crippen LogP contribution in [0, 0.1) is 0 Å². The molecule has 0 atom stereocenters. The molecular formula is C19H21N3O7S. The van der Waals surface area contributed by atoms with Crippen molar-refractivity contribution < 1.29 is 32.3 Å². The third-order valence-electron chi connectivity index (χ3n) is 3.65. The maximum absolute atomic E-state index is 12.7. The Bertz CT molecular complexity index is 1020. The first-order valence-electron chi connectivity index (χ1n) is 8.80. The summed E-state index contributed by atoms with van der Waals surface area (Å²) < 4.78 is 37.8. The molecule has 2 rings (SSSR count). The topological polar surface area (TPSA) is 140 Å². The number of rotatable bonds is 8. The summed E-state index contributed by atoms with van der Waals surface area (Å²) in [7, 11) is -2.68. The van der Waals surface area contributed by atoms with Crippen LogP contribution in [0.25, 0.3) is 0 Å². The van der Waals surface area contributed by atoms with Crippen LogP contribution < -0.4 is 20.1 Å². The van der Waals surface area contributed by atoms with Crippen LogP contribution in [0.2, 0.25) is 0 Å². The van der Waals surface area contributed by atoms with Crippen molar-refractivity contribution in [2.75, 3.05) is 25.0 Å². The van der Waals surface area contributed by atoms with Crippen LogP contribution in [-0.4, -0.2) is 46.6 Å². The highest BCUT2D eigenvalue weighted by atomic mass is 32.2. The van der Waals surface area contributed by atoms with Crippen molar-refractivity contribution in [2.45, 2.75) is 11.8 Å². The number of ether oxygens (including phenoxy) is 2. The van der Waals surface area contributed by atoms with Gasteiger partial charge >= 0.3 is 12.0 Å². The summed E-state index contributed by atoms with van der Waals surface area (Å²) in [5.74, 6) is -1.25. The Morgan fingerprint density at radius 1 is 1.00 bits per heavy atom. The molecule has 0 spiro atoms. The lowest BCUT2D eigenvalue weighted by Crippen LogP contribution is -2.39. The van der Waals surface area contributed by atoms with Gasteiger partial charge in [0, 0.05) is 7.05 Å². The monoisotopic (exact) mass is 435 g/mol. The fourth-order valence-corrected chi connectivity index (χ4v) is 3.35. The molecule has 0 saturated carbocycles. The van der Waals surface area contributed by atoms with Gasteiger partial charge in [-0.2, -0.15) is 0 Å². The molecular weight excluding hydrogens is 414 g/mol. The third kappa shape index (κ3) is 6.21. The zero-order valence-corrected chi connectivity index (χ0v) is 17.1. The van der Waals surface area contributed by atoms with Gasteiger partial charge in [0.05, 0.1) is 22.8 Å². The van der Waals surface area contributed by atoms with Crippen molar-refractivity contribution in [1.29, 1.82) is 0 Å². The summed E-state index contributed by atoms with van der Waals surface area (Å²) in [6.07, 6.45) is 0. The van der Waals surface area contributed by atoms with E-state index in [-0.39, 0.29) is 16.1 Å². The van der Waals surface area contributed by atoms with Crippen molar-refractivity contribution >= 4 is 33.6 Å². The zero-order chi connectivity index (χ0) is 22.1. The average Bonchev–Trinajstić information content (AvgIpc) is 2.72. The number of imide groups is 1. The van der Waals surface area contributed by atoms with Crippen LogP contribution in [0.5, 0.6) is 5.75 Å². The lowest BCUT2D eigenvalue weighted by Gasteiger charge is -2.13. The van der Waals surface area contributed by atoms with E-state index in [1.54, 1.807) is 0 Å². The van der Waals surface area contributed by atoms with E-state index in [1.807, 2.05) is 12.2 Å². The molecule has 0 aliphatic rings. The highest BCUT2D eigenvalue weighted by molar-refractivity contribution is 7.92. The molecule has 0 bridgehead atoms. The van der Waals surface area contributed by atoms with E-state index >= 15 is 0 Å². The summed E-state index contributed by atoms with van der Waals surface area (Å²) >= 11 is 0. The SMILES string of the molecule is CCOc1ccc(S(=O)(=O)Nc2ccccc2C(=O)OCC(=O)NC(=O)NC)cc1. The van der Waals surface area contributed by atoms with E-state index in [0.717, 1.165) is 0 Å². The van der Waals surface area contributed by atoms with E-state index in [1.165, 1.54) is 55.6 Å². The second kappa shape index (κ2) is 10.3. The van der Waals surface area contributed by atoms with Gasteiger partial charge in [0.2, 0.25) is 0 Å². The standard InChI is InChI=1S/C19H21N3O7S/c1-3-28-13-8-10-14(11-9-13)30(26,27)22-16-7-5-4-6-15(16)18(24)29-12-17(23)21-19(25)20-2/h4-11,22H,3,12H2,1-2H3,(H2,20,21,23,25). The molecule has 11 heteroatoms. The molecule has 3 N–H and O–H groups in total. The Morgan fingerprint density at radius 3 is 2.30 bits per heavy atom. The zero-order valence-electron chi connectivity index (χ0n) is 16.3.